The van der Waals surface area contributed by atoms with Crippen LogP contribution in [0.4, 0.5) is 10.6 Å². The quantitative estimate of drug-likeness (QED) is 0.369. The lowest BCUT2D eigenvalue weighted by atomic mass is 10.0. The highest BCUT2D eigenvalue weighted by Gasteiger charge is 2.60. The van der Waals surface area contributed by atoms with E-state index < -0.39 is 17.9 Å². The molecule has 5 rings (SSSR count). The molecule has 12 heteroatoms. The molecule has 2 saturated heterocycles. The first-order valence-electron chi connectivity index (χ1n) is 15.6. The van der Waals surface area contributed by atoms with E-state index in [1.807, 2.05) is 49.1 Å². The van der Waals surface area contributed by atoms with Crippen molar-refractivity contribution >= 4 is 29.7 Å². The molecule has 1 saturated carbocycles. The van der Waals surface area contributed by atoms with Gasteiger partial charge < -0.3 is 29.9 Å². The number of aromatic nitrogens is 2. The van der Waals surface area contributed by atoms with Crippen molar-refractivity contribution in [2.75, 3.05) is 50.8 Å². The zero-order valence-corrected chi connectivity index (χ0v) is 25.6. The number of ether oxygens (including phenoxy) is 1. The average Bonchev–Trinajstić information content (AvgIpc) is 3.55. The number of benzene rings is 1. The summed E-state index contributed by atoms with van der Waals surface area (Å²) in [6.45, 7) is 8.79. The second kappa shape index (κ2) is 13.6. The molecule has 2 unspecified atom stereocenters. The molecule has 2 N–H and O–H groups in total. The Morgan fingerprint density at radius 2 is 1.64 bits per heavy atom. The Hall–Kier alpha value is -4.22. The molecule has 1 aromatic carbocycles. The molecule has 0 bridgehead atoms. The summed E-state index contributed by atoms with van der Waals surface area (Å²) in [5, 5.41) is 12.3. The minimum atomic E-state index is -0.788. The van der Waals surface area contributed by atoms with Gasteiger partial charge in [0.05, 0.1) is 12.5 Å². The number of anilines is 1. The molecule has 3 amide bonds. The van der Waals surface area contributed by atoms with Gasteiger partial charge >= 0.3 is 12.1 Å². The van der Waals surface area contributed by atoms with Crippen molar-refractivity contribution in [3.05, 3.63) is 42.1 Å². The Labute approximate surface area is 257 Å². The summed E-state index contributed by atoms with van der Waals surface area (Å²) < 4.78 is 5.36. The molecule has 2 aliphatic heterocycles. The first-order chi connectivity index (χ1) is 21.2. The number of unbranched alkanes of at least 4 members (excludes halogenated alkanes) is 2. The smallest absolute Gasteiger partial charge is 0.409 e. The lowest BCUT2D eigenvalue weighted by molar-refractivity contribution is -0.139. The fourth-order valence-corrected chi connectivity index (χ4v) is 6.15. The van der Waals surface area contributed by atoms with Gasteiger partial charge in [-0.1, -0.05) is 63.9 Å². The molecule has 3 fully saturated rings. The third-order valence-corrected chi connectivity index (χ3v) is 8.82. The van der Waals surface area contributed by atoms with E-state index in [9.17, 15) is 24.3 Å². The van der Waals surface area contributed by atoms with Crippen LogP contribution in [-0.2, 0) is 14.3 Å². The fourth-order valence-electron chi connectivity index (χ4n) is 6.15. The predicted molar refractivity (Wildman–Crippen MR) is 163 cm³/mol. The minimum absolute atomic E-state index is 0.0752. The minimum Gasteiger partial charge on any atom is -0.481 e. The number of fused-ring (bicyclic) bond motifs is 1. The summed E-state index contributed by atoms with van der Waals surface area (Å²) >= 11 is 0. The molecule has 44 heavy (non-hydrogen) atoms. The number of carboxylic acids is 1. The maximum absolute atomic E-state index is 13.7. The highest BCUT2D eigenvalue weighted by molar-refractivity contribution is 5.97. The maximum atomic E-state index is 13.7. The van der Waals surface area contributed by atoms with Crippen LogP contribution in [0.2, 0.25) is 0 Å². The monoisotopic (exact) mass is 606 g/mol. The van der Waals surface area contributed by atoms with Gasteiger partial charge in [-0.25, -0.2) is 14.8 Å². The average molecular weight is 607 g/mol. The van der Waals surface area contributed by atoms with Crippen LogP contribution in [0.15, 0.2) is 36.4 Å². The molecule has 3 aliphatic rings. The van der Waals surface area contributed by atoms with E-state index >= 15 is 0 Å². The molecular formula is C32H42N6O6. The maximum Gasteiger partial charge on any atom is 0.409 e. The van der Waals surface area contributed by atoms with Crippen LogP contribution >= 0.6 is 0 Å². The van der Waals surface area contributed by atoms with Crippen molar-refractivity contribution in [3.63, 3.8) is 0 Å². The van der Waals surface area contributed by atoms with Crippen molar-refractivity contribution in [2.45, 2.75) is 46.1 Å². The predicted octanol–water partition coefficient (Wildman–Crippen LogP) is 3.14. The van der Waals surface area contributed by atoms with Crippen molar-refractivity contribution in [1.29, 1.82) is 0 Å². The van der Waals surface area contributed by atoms with Gasteiger partial charge in [-0.2, -0.15) is 0 Å². The fraction of sp³-hybridized carbons (Fsp3) is 0.562. The zero-order valence-electron chi connectivity index (χ0n) is 25.6. The van der Waals surface area contributed by atoms with Crippen LogP contribution in [0.5, 0.6) is 0 Å². The molecule has 3 atom stereocenters. The first kappa shape index (κ1) is 31.2. The summed E-state index contributed by atoms with van der Waals surface area (Å²) in [5.74, 6) is -0.875. The second-order valence-corrected chi connectivity index (χ2v) is 12.2. The van der Waals surface area contributed by atoms with Crippen LogP contribution in [0.1, 0.15) is 50.5 Å². The third kappa shape index (κ3) is 6.95. The van der Waals surface area contributed by atoms with Gasteiger partial charge in [0.25, 0.3) is 5.91 Å². The summed E-state index contributed by atoms with van der Waals surface area (Å²) in [6.07, 6.45) is 2.53. The van der Waals surface area contributed by atoms with Crippen LogP contribution < -0.4 is 10.2 Å². The lowest BCUT2D eigenvalue weighted by Gasteiger charge is -2.36. The number of carbonyl (C=O) groups is 4. The van der Waals surface area contributed by atoms with E-state index in [1.165, 1.54) is 0 Å². The van der Waals surface area contributed by atoms with E-state index in [0.717, 1.165) is 24.8 Å². The highest BCUT2D eigenvalue weighted by Crippen LogP contribution is 2.52. The number of nitrogens with zero attached hydrogens (tertiary/aromatic N) is 5. The van der Waals surface area contributed by atoms with Crippen molar-refractivity contribution in [3.8, 4) is 11.4 Å². The first-order valence-corrected chi connectivity index (χ1v) is 15.6. The number of piperazine rings is 1. The van der Waals surface area contributed by atoms with Crippen LogP contribution in [0, 0.1) is 23.7 Å². The van der Waals surface area contributed by atoms with E-state index in [2.05, 4.69) is 17.2 Å². The standard InChI is InChI=1S/C32H42N6O6/c1-4-5-9-16-44-32(43)37-14-12-36(13-15-37)30(40)27(20(2)3)35-29(39)24-17-25(34-28(33-24)21-10-7-6-8-11-21)38-18-22-23(19-38)26(22)31(41)42/h6-8,10-11,17,20,22-23,26-27H,4-5,9,12-16,18-19H2,1-3H3,(H,35,39)(H,41,42)/t22?,23?,26?,27-/m0/s1. The number of rotatable bonds is 11. The van der Waals surface area contributed by atoms with E-state index in [1.54, 1.807) is 15.9 Å². The Bertz CT molecular complexity index is 1350. The summed E-state index contributed by atoms with van der Waals surface area (Å²) in [6, 6.07) is 10.2. The van der Waals surface area contributed by atoms with E-state index in [0.29, 0.717) is 57.5 Å². The van der Waals surface area contributed by atoms with Gasteiger partial charge in [-0.05, 0) is 24.2 Å². The molecular weight excluding hydrogens is 564 g/mol. The molecule has 0 spiro atoms. The largest absolute Gasteiger partial charge is 0.481 e. The van der Waals surface area contributed by atoms with Crippen molar-refractivity contribution in [1.82, 2.24) is 25.1 Å². The van der Waals surface area contributed by atoms with Gasteiger partial charge in [0, 0.05) is 50.9 Å². The summed E-state index contributed by atoms with van der Waals surface area (Å²) in [4.78, 5) is 65.8. The van der Waals surface area contributed by atoms with Crippen LogP contribution in [0.25, 0.3) is 11.4 Å². The molecule has 3 heterocycles. The molecule has 2 aromatic rings. The number of amides is 3. The normalized spacial score (nSPS) is 21.5. The second-order valence-electron chi connectivity index (χ2n) is 12.2. The zero-order chi connectivity index (χ0) is 31.4. The highest BCUT2D eigenvalue weighted by atomic mass is 16.6. The number of carbonyl (C=O) groups excluding carboxylic acids is 3. The Morgan fingerprint density at radius 1 is 0.977 bits per heavy atom. The van der Waals surface area contributed by atoms with Gasteiger partial charge in [-0.15, -0.1) is 0 Å². The molecule has 236 valence electrons. The number of hydrogen-bond acceptors (Lipinski definition) is 8. The topological polar surface area (TPSA) is 145 Å². The van der Waals surface area contributed by atoms with Crippen LogP contribution in [0.3, 0.4) is 0 Å². The van der Waals surface area contributed by atoms with Gasteiger partial charge in [-0.3, -0.25) is 14.4 Å². The van der Waals surface area contributed by atoms with E-state index in [-0.39, 0.29) is 41.4 Å². The number of piperidine rings is 1. The number of hydrogen-bond donors (Lipinski definition) is 2. The number of aliphatic carboxylic acids is 1. The van der Waals surface area contributed by atoms with E-state index in [4.69, 9.17) is 9.72 Å². The number of nitrogens with one attached hydrogen (secondary N) is 1. The SMILES string of the molecule is CCCCCOC(=O)N1CCN(C(=O)[C@@H](NC(=O)c2cc(N3CC4C(C3)C4C(=O)O)nc(-c3ccccc3)n2)C(C)C)CC1. The Kier molecular flexibility index (Phi) is 9.65. The Morgan fingerprint density at radius 3 is 2.25 bits per heavy atom. The Balaban J connectivity index is 1.26. The molecule has 0 radical (unpaired) electrons. The van der Waals surface area contributed by atoms with Crippen LogP contribution in [-0.4, -0.2) is 101 Å². The summed E-state index contributed by atoms with van der Waals surface area (Å²) in [7, 11) is 0. The van der Waals surface area contributed by atoms with Crippen molar-refractivity contribution < 1.29 is 29.0 Å². The summed E-state index contributed by atoms with van der Waals surface area (Å²) in [5.41, 5.74) is 0.882. The number of carboxylic acid groups (broad SMARTS) is 1. The van der Waals surface area contributed by atoms with Crippen molar-refractivity contribution in [2.24, 2.45) is 23.7 Å². The third-order valence-electron chi connectivity index (χ3n) is 8.82. The molecule has 1 aliphatic carbocycles. The molecule has 1 aromatic heterocycles. The van der Waals surface area contributed by atoms with Gasteiger partial charge in [0.15, 0.2) is 5.82 Å². The van der Waals surface area contributed by atoms with Gasteiger partial charge in [0.2, 0.25) is 5.91 Å². The lowest BCUT2D eigenvalue weighted by Crippen LogP contribution is -2.57. The van der Waals surface area contributed by atoms with Gasteiger partial charge in [0.1, 0.15) is 17.6 Å². The molecule has 12 nitrogen and oxygen atoms in total.